The number of aromatic hydroxyl groups is 1. The molecule has 3 atom stereocenters. The molecule has 3 aliphatic carbocycles. The van der Waals surface area contributed by atoms with Crippen molar-refractivity contribution in [2.45, 2.75) is 51.0 Å². The molecule has 244 valence electrons. The van der Waals surface area contributed by atoms with Crippen LogP contribution in [0.5, 0.6) is 5.75 Å². The number of aliphatic imine (C=N–C) groups is 2. The van der Waals surface area contributed by atoms with Gasteiger partial charge in [0, 0.05) is 16.9 Å². The van der Waals surface area contributed by atoms with Crippen LogP contribution in [-0.2, 0) is 12.8 Å². The standard InChI is InChI=1S/C42H37B2N3O3/c1-21-28-20-29-35(34(28)33(37(44)38(21)48)23-11-5-3-6-12-23)36(43)22(2)32(39(29)49)42-46-40(24-13-7-4-8-14-24)45-41(47-42)25-17-18-27-26-15-9-10-16-30(26)50-31(27)19-25/h3-16,19,35-36,40,48-49H,17-18,20,43-44H2,1-2H3,(H,45,46,47). The van der Waals surface area contributed by atoms with E-state index < -0.39 is 0 Å². The molecule has 5 aromatic rings. The van der Waals surface area contributed by atoms with Crippen LogP contribution in [0.4, 0.5) is 0 Å². The average molecular weight is 653 g/mol. The van der Waals surface area contributed by atoms with Crippen LogP contribution in [-0.4, -0.2) is 37.6 Å². The lowest BCUT2D eigenvalue weighted by Crippen LogP contribution is -2.35. The van der Waals surface area contributed by atoms with Gasteiger partial charge in [0.1, 0.15) is 50.5 Å². The fourth-order valence-corrected chi connectivity index (χ4v) is 8.71. The third kappa shape index (κ3) is 4.58. The summed E-state index contributed by atoms with van der Waals surface area (Å²) in [6, 6.07) is 28.7. The van der Waals surface area contributed by atoms with Gasteiger partial charge in [-0.1, -0.05) is 84.4 Å². The van der Waals surface area contributed by atoms with Gasteiger partial charge in [0.2, 0.25) is 0 Å². The number of allylic oxidation sites excluding steroid dienone is 2. The second kappa shape index (κ2) is 11.5. The van der Waals surface area contributed by atoms with E-state index in [9.17, 15) is 10.2 Å². The zero-order valence-electron chi connectivity index (χ0n) is 28.7. The van der Waals surface area contributed by atoms with Crippen molar-refractivity contribution < 1.29 is 14.6 Å². The van der Waals surface area contributed by atoms with Crippen LogP contribution in [0.15, 0.2) is 127 Å². The molecule has 4 aliphatic rings. The van der Waals surface area contributed by atoms with Gasteiger partial charge in [-0.2, -0.15) is 0 Å². The molecule has 0 spiro atoms. The van der Waals surface area contributed by atoms with Crippen molar-refractivity contribution in [1.82, 2.24) is 5.32 Å². The van der Waals surface area contributed by atoms with E-state index in [4.69, 9.17) is 14.4 Å². The fraction of sp³-hybridized carbons (Fsp3) is 0.190. The number of fused-ring (bicyclic) bond motifs is 6. The third-order valence-corrected chi connectivity index (χ3v) is 11.4. The Labute approximate surface area is 293 Å². The Morgan fingerprint density at radius 3 is 2.38 bits per heavy atom. The van der Waals surface area contributed by atoms with Gasteiger partial charge in [0.25, 0.3) is 0 Å². The minimum absolute atomic E-state index is 0.0230. The number of nitrogens with zero attached hydrogens (tertiary/aromatic N) is 2. The normalized spacial score (nSPS) is 21.2. The van der Waals surface area contributed by atoms with Crippen molar-refractivity contribution >= 4 is 49.9 Å². The molecular formula is C42H37B2N3O3. The Kier molecular flexibility index (Phi) is 7.06. The second-order valence-electron chi connectivity index (χ2n) is 14.1. The number of aryl methyl sites for hydroxylation is 1. The summed E-state index contributed by atoms with van der Waals surface area (Å²) < 4.78 is 6.30. The van der Waals surface area contributed by atoms with Gasteiger partial charge in [-0.3, -0.25) is 0 Å². The Bertz CT molecular complexity index is 2400. The first-order valence-electron chi connectivity index (χ1n) is 17.5. The SMILES string of the molecule is Bc1c(O)c(C)c2c(c1-c1ccccc1)C1C(=C(O)C(C3=NC(c4ccccc4)NC(C4=Cc5oc6ccccc6c5CC4)=N3)=C(C)C1B)C2. The summed E-state index contributed by atoms with van der Waals surface area (Å²) in [5, 5.41) is 28.5. The van der Waals surface area contributed by atoms with Crippen molar-refractivity contribution in [1.29, 1.82) is 0 Å². The van der Waals surface area contributed by atoms with Crippen LogP contribution in [0.1, 0.15) is 59.0 Å². The van der Waals surface area contributed by atoms with E-state index in [1.54, 1.807) is 0 Å². The van der Waals surface area contributed by atoms with Crippen molar-refractivity contribution in [3.05, 3.63) is 147 Å². The topological polar surface area (TPSA) is 90.3 Å². The molecule has 0 amide bonds. The van der Waals surface area contributed by atoms with Crippen LogP contribution in [0.25, 0.3) is 28.2 Å². The number of aliphatic hydroxyl groups is 1. The summed E-state index contributed by atoms with van der Waals surface area (Å²) in [6.45, 7) is 4.12. The van der Waals surface area contributed by atoms with Gasteiger partial charge in [0.05, 0.1) is 5.57 Å². The van der Waals surface area contributed by atoms with Gasteiger partial charge in [-0.05, 0) is 101 Å². The molecule has 1 aromatic heterocycles. The first-order valence-corrected chi connectivity index (χ1v) is 17.5. The minimum Gasteiger partial charge on any atom is -0.508 e. The van der Waals surface area contributed by atoms with E-state index in [-0.39, 0.29) is 23.7 Å². The quantitative estimate of drug-likeness (QED) is 0.188. The van der Waals surface area contributed by atoms with E-state index in [0.717, 1.165) is 85.4 Å². The minimum atomic E-state index is -0.380. The largest absolute Gasteiger partial charge is 0.508 e. The molecule has 0 bridgehead atoms. The van der Waals surface area contributed by atoms with Crippen LogP contribution in [0, 0.1) is 6.92 Å². The summed E-state index contributed by atoms with van der Waals surface area (Å²) in [7, 11) is 4.26. The van der Waals surface area contributed by atoms with E-state index in [2.05, 4.69) is 62.6 Å². The lowest BCUT2D eigenvalue weighted by atomic mass is 9.62. The zero-order valence-corrected chi connectivity index (χ0v) is 28.7. The van der Waals surface area contributed by atoms with Crippen molar-refractivity contribution in [2.24, 2.45) is 9.98 Å². The van der Waals surface area contributed by atoms with Crippen LogP contribution in [0.3, 0.4) is 0 Å². The number of benzene rings is 4. The molecule has 50 heavy (non-hydrogen) atoms. The fourth-order valence-electron chi connectivity index (χ4n) is 8.71. The highest BCUT2D eigenvalue weighted by atomic mass is 16.3. The van der Waals surface area contributed by atoms with E-state index in [1.807, 2.05) is 63.3 Å². The molecule has 0 radical (unpaired) electrons. The number of hydrogen-bond acceptors (Lipinski definition) is 6. The molecule has 1 aliphatic heterocycles. The molecule has 9 rings (SSSR count). The van der Waals surface area contributed by atoms with Crippen LogP contribution < -0.4 is 10.8 Å². The number of hydrogen-bond donors (Lipinski definition) is 3. The van der Waals surface area contributed by atoms with Crippen molar-refractivity contribution in [3.8, 4) is 16.9 Å². The summed E-state index contributed by atoms with van der Waals surface area (Å²) in [6.07, 6.45) is 3.96. The number of amidine groups is 2. The predicted octanol–water partition coefficient (Wildman–Crippen LogP) is 6.70. The number of aliphatic hydroxyl groups excluding tert-OH is 1. The lowest BCUT2D eigenvalue weighted by molar-refractivity contribution is 0.407. The maximum atomic E-state index is 12.4. The monoisotopic (exact) mass is 653 g/mol. The highest BCUT2D eigenvalue weighted by Gasteiger charge is 2.44. The highest BCUT2D eigenvalue weighted by molar-refractivity contribution is 6.38. The Morgan fingerprint density at radius 2 is 1.60 bits per heavy atom. The second-order valence-corrected chi connectivity index (χ2v) is 14.1. The predicted molar refractivity (Wildman–Crippen MR) is 207 cm³/mol. The van der Waals surface area contributed by atoms with Crippen LogP contribution >= 0.6 is 0 Å². The summed E-state index contributed by atoms with van der Waals surface area (Å²) in [5.41, 5.74) is 13.2. The summed E-state index contributed by atoms with van der Waals surface area (Å²) in [4.78, 5) is 10.4. The number of nitrogens with one attached hydrogen (secondary N) is 1. The molecule has 2 heterocycles. The number of phenols is 1. The Morgan fingerprint density at radius 1 is 0.880 bits per heavy atom. The van der Waals surface area contributed by atoms with Crippen molar-refractivity contribution in [3.63, 3.8) is 0 Å². The van der Waals surface area contributed by atoms with Crippen molar-refractivity contribution in [2.75, 3.05) is 0 Å². The molecule has 3 unspecified atom stereocenters. The molecule has 0 saturated heterocycles. The van der Waals surface area contributed by atoms with Gasteiger partial charge in [-0.25, -0.2) is 9.98 Å². The Balaban J connectivity index is 1.18. The van der Waals surface area contributed by atoms with Gasteiger partial charge >= 0.3 is 0 Å². The highest BCUT2D eigenvalue weighted by Crippen LogP contribution is 2.56. The molecule has 0 saturated carbocycles. The van der Waals surface area contributed by atoms with E-state index >= 15 is 0 Å². The smallest absolute Gasteiger partial charge is 0.163 e. The molecule has 6 nitrogen and oxygen atoms in total. The average Bonchev–Trinajstić information content (AvgIpc) is 3.73. The van der Waals surface area contributed by atoms with Crippen LogP contribution in [0.2, 0.25) is 5.82 Å². The van der Waals surface area contributed by atoms with E-state index in [1.165, 1.54) is 11.1 Å². The van der Waals surface area contributed by atoms with Gasteiger partial charge in [-0.15, -0.1) is 0 Å². The third-order valence-electron chi connectivity index (χ3n) is 11.4. The number of para-hydroxylation sites is 1. The first-order chi connectivity index (χ1) is 24.3. The molecule has 3 N–H and O–H groups in total. The van der Waals surface area contributed by atoms with E-state index in [0.29, 0.717) is 23.6 Å². The number of furan rings is 1. The molecule has 4 aromatic carbocycles. The number of phenolic OH excluding ortho intramolecular Hbond substituents is 1. The lowest BCUT2D eigenvalue weighted by Gasteiger charge is -2.34. The molecule has 8 heteroatoms. The Hall–Kier alpha value is -5.49. The maximum absolute atomic E-state index is 12.4. The first kappa shape index (κ1) is 30.6. The maximum Gasteiger partial charge on any atom is 0.163 e. The summed E-state index contributed by atoms with van der Waals surface area (Å²) in [5.74, 6) is 2.79. The molecule has 0 fully saturated rings. The summed E-state index contributed by atoms with van der Waals surface area (Å²) >= 11 is 0. The number of rotatable bonds is 4. The zero-order chi connectivity index (χ0) is 34.3. The van der Waals surface area contributed by atoms with Gasteiger partial charge in [0.15, 0.2) is 5.84 Å². The molecular weight excluding hydrogens is 616 g/mol. The van der Waals surface area contributed by atoms with Gasteiger partial charge < -0.3 is 19.9 Å².